The molecule has 0 aromatic carbocycles. The van der Waals surface area contributed by atoms with Crippen LogP contribution in [0.3, 0.4) is 0 Å². The second-order valence-electron chi connectivity index (χ2n) is 5.98. The minimum atomic E-state index is -1.29. The van der Waals surface area contributed by atoms with Gasteiger partial charge in [0.05, 0.1) is 0 Å². The Kier molecular flexibility index (Phi) is 9.62. The van der Waals surface area contributed by atoms with E-state index >= 15 is 0 Å². The van der Waals surface area contributed by atoms with Crippen LogP contribution in [0.1, 0.15) is 27.7 Å². The molecule has 1 rings (SSSR count). The van der Waals surface area contributed by atoms with Gasteiger partial charge in [0.1, 0.15) is 0 Å². The van der Waals surface area contributed by atoms with Gasteiger partial charge < -0.3 is 0 Å². The molecule has 27 heavy (non-hydrogen) atoms. The average molecular weight is 468 g/mol. The van der Waals surface area contributed by atoms with E-state index in [4.69, 9.17) is 23.7 Å². The molecule has 11 heteroatoms. The van der Waals surface area contributed by atoms with Gasteiger partial charge in [-0.1, -0.05) is 0 Å². The van der Waals surface area contributed by atoms with Crippen molar-refractivity contribution in [2.45, 2.75) is 69.8 Å². The van der Waals surface area contributed by atoms with E-state index in [2.05, 4.69) is 11.4 Å². The molecule has 0 aromatic rings. The van der Waals surface area contributed by atoms with E-state index in [-0.39, 0.29) is 0 Å². The average Bonchev–Trinajstić information content (AvgIpc) is 2.49. The van der Waals surface area contributed by atoms with Gasteiger partial charge in [0, 0.05) is 0 Å². The maximum absolute atomic E-state index is 11.6. The molecule has 0 saturated carbocycles. The molecule has 0 aliphatic carbocycles. The van der Waals surface area contributed by atoms with Crippen molar-refractivity contribution < 1.29 is 42.9 Å². The zero-order valence-corrected chi connectivity index (χ0v) is 18.8. The number of carbonyl (C=O) groups excluding carboxylic acids is 4. The Morgan fingerprint density at radius 1 is 0.778 bits per heavy atom. The van der Waals surface area contributed by atoms with E-state index < -0.39 is 68.1 Å². The summed E-state index contributed by atoms with van der Waals surface area (Å²) in [6, 6.07) is 0. The van der Waals surface area contributed by atoms with E-state index in [1.54, 1.807) is 10.0 Å². The third kappa shape index (κ3) is 8.11. The fraction of sp³-hybridized carbons (Fsp3) is 0.750. The predicted octanol–water partition coefficient (Wildman–Crippen LogP) is 1.05. The normalized spacial score (nSPS) is 27.6. The predicted molar refractivity (Wildman–Crippen MR) is 97.0 cm³/mol. The van der Waals surface area contributed by atoms with Gasteiger partial charge in [0.25, 0.3) is 0 Å². The summed E-state index contributed by atoms with van der Waals surface area (Å²) in [5.41, 5.74) is 4.24. The van der Waals surface area contributed by atoms with Crippen LogP contribution in [0.5, 0.6) is 0 Å². The molecule has 1 heterocycles. The van der Waals surface area contributed by atoms with Crippen molar-refractivity contribution in [3.05, 3.63) is 0 Å². The summed E-state index contributed by atoms with van der Waals surface area (Å²) in [5.74, 6) is -2.18. The Labute approximate surface area is 166 Å². The maximum atomic E-state index is 11.6. The van der Waals surface area contributed by atoms with Crippen LogP contribution in [0.4, 0.5) is 0 Å². The molecule has 9 nitrogen and oxygen atoms in total. The fourth-order valence-electron chi connectivity index (χ4n) is 2.47. The van der Waals surface area contributed by atoms with E-state index in [0.29, 0.717) is 5.75 Å². The van der Waals surface area contributed by atoms with Gasteiger partial charge in [0.2, 0.25) is 0 Å². The van der Waals surface area contributed by atoms with Crippen LogP contribution in [0, 0.1) is 0 Å². The quantitative estimate of drug-likeness (QED) is 0.305. The molecule has 0 spiro atoms. The summed E-state index contributed by atoms with van der Waals surface area (Å²) >= 11 is -1.11. The minimum absolute atomic E-state index is 0.438. The summed E-state index contributed by atoms with van der Waals surface area (Å²) in [6.07, 6.45) is -5.45. The molecular formula is C16H25AsO9S. The van der Waals surface area contributed by atoms with Crippen LogP contribution >= 0.6 is 10.0 Å². The van der Waals surface area contributed by atoms with Gasteiger partial charge >= 0.3 is 166 Å². The van der Waals surface area contributed by atoms with Crippen LogP contribution in [-0.2, 0) is 42.9 Å². The van der Waals surface area contributed by atoms with Crippen molar-refractivity contribution in [3.63, 3.8) is 0 Å². The first-order valence-electron chi connectivity index (χ1n) is 8.15. The summed E-state index contributed by atoms with van der Waals surface area (Å²) in [4.78, 5) is 46.2. The molecule has 0 aromatic heterocycles. The number of esters is 4. The first-order valence-corrected chi connectivity index (χ1v) is 15.1. The Bertz CT molecular complexity index is 568. The molecule has 0 bridgehead atoms. The third-order valence-electron chi connectivity index (χ3n) is 3.28. The number of ether oxygens (including phenoxy) is 5. The molecule has 1 saturated heterocycles. The number of hydrogen-bond donors (Lipinski definition) is 0. The molecule has 1 aliphatic heterocycles. The van der Waals surface area contributed by atoms with Crippen LogP contribution in [0.2, 0.25) is 11.4 Å². The molecule has 0 amide bonds. The first kappa shape index (κ1) is 23.8. The standard InChI is InChI=1S/C16H25AsO9S/c1-8(18)22-13-12(7-27-17(5)6)26-16(25-11(4)21)15(24-10(3)20)14(13)23-9(2)19/h12-16H,7H2,1-6H3/t12-,13-,14+,15-,16+/m1/s1. The Morgan fingerprint density at radius 3 is 1.67 bits per heavy atom. The van der Waals surface area contributed by atoms with Crippen LogP contribution < -0.4 is 0 Å². The number of rotatable bonds is 7. The van der Waals surface area contributed by atoms with E-state index in [0.717, 1.165) is 6.92 Å². The molecule has 0 radical (unpaired) electrons. The van der Waals surface area contributed by atoms with Gasteiger partial charge in [-0.2, -0.15) is 0 Å². The van der Waals surface area contributed by atoms with Crippen molar-refractivity contribution in [1.29, 1.82) is 0 Å². The van der Waals surface area contributed by atoms with Gasteiger partial charge in [-0.3, -0.25) is 0 Å². The summed E-state index contributed by atoms with van der Waals surface area (Å²) in [6.45, 7) is 4.73. The monoisotopic (exact) mass is 468 g/mol. The first-order chi connectivity index (χ1) is 12.5. The Hall–Kier alpha value is -1.25. The van der Waals surface area contributed by atoms with E-state index in [1.165, 1.54) is 20.8 Å². The topological polar surface area (TPSA) is 114 Å². The summed E-state index contributed by atoms with van der Waals surface area (Å²) in [5, 5.41) is 0. The second kappa shape index (κ2) is 10.9. The number of hydrogen-bond acceptors (Lipinski definition) is 10. The van der Waals surface area contributed by atoms with Crippen molar-refractivity contribution in [1.82, 2.24) is 0 Å². The Balaban J connectivity index is 3.27. The molecule has 5 atom stereocenters. The zero-order chi connectivity index (χ0) is 20.7. The molecule has 1 fully saturated rings. The third-order valence-corrected chi connectivity index (χ3v) is 8.46. The number of carbonyl (C=O) groups is 4. The zero-order valence-electron chi connectivity index (χ0n) is 16.1. The van der Waals surface area contributed by atoms with Gasteiger partial charge in [-0.05, 0) is 0 Å². The Morgan fingerprint density at radius 2 is 1.22 bits per heavy atom. The molecule has 0 unspecified atom stereocenters. The van der Waals surface area contributed by atoms with Gasteiger partial charge in [0.15, 0.2) is 0 Å². The van der Waals surface area contributed by atoms with Crippen molar-refractivity contribution >= 4 is 47.4 Å². The second-order valence-corrected chi connectivity index (χ2v) is 15.4. The molecule has 1 aliphatic rings. The SMILES string of the molecule is CC(=O)O[C@H]1O[C@H](CS[As](C)C)[C@@H](OC(C)=O)[C@H](OC(C)=O)[C@H]1OC(C)=O. The summed E-state index contributed by atoms with van der Waals surface area (Å²) in [7, 11) is 1.67. The van der Waals surface area contributed by atoms with Crippen LogP contribution in [0.15, 0.2) is 0 Å². The van der Waals surface area contributed by atoms with Gasteiger partial charge in [-0.25, -0.2) is 0 Å². The van der Waals surface area contributed by atoms with E-state index in [1.807, 2.05) is 0 Å². The van der Waals surface area contributed by atoms with Crippen molar-refractivity contribution in [2.75, 3.05) is 5.75 Å². The fourth-order valence-corrected chi connectivity index (χ4v) is 5.98. The van der Waals surface area contributed by atoms with Crippen molar-refractivity contribution in [2.24, 2.45) is 0 Å². The summed E-state index contributed by atoms with van der Waals surface area (Å²) < 4.78 is 26.8. The molecule has 0 N–H and O–H groups in total. The van der Waals surface area contributed by atoms with Crippen LogP contribution in [0.25, 0.3) is 0 Å². The molecular weight excluding hydrogens is 443 g/mol. The van der Waals surface area contributed by atoms with Crippen molar-refractivity contribution in [3.8, 4) is 0 Å². The molecule has 154 valence electrons. The van der Waals surface area contributed by atoms with E-state index in [9.17, 15) is 19.2 Å². The van der Waals surface area contributed by atoms with Crippen LogP contribution in [-0.4, -0.2) is 73.8 Å². The van der Waals surface area contributed by atoms with Gasteiger partial charge in [-0.15, -0.1) is 0 Å².